The summed E-state index contributed by atoms with van der Waals surface area (Å²) in [7, 11) is 0. The number of aromatic nitrogens is 3. The molecule has 2 aromatic rings. The van der Waals surface area contributed by atoms with Crippen molar-refractivity contribution >= 4 is 23.9 Å². The molecule has 0 aliphatic carbocycles. The van der Waals surface area contributed by atoms with E-state index in [9.17, 15) is 9.59 Å². The van der Waals surface area contributed by atoms with Gasteiger partial charge in [0.25, 0.3) is 0 Å². The van der Waals surface area contributed by atoms with Crippen molar-refractivity contribution in [1.29, 1.82) is 0 Å². The van der Waals surface area contributed by atoms with E-state index in [4.69, 9.17) is 0 Å². The Hall–Kier alpha value is -1.82. The van der Waals surface area contributed by atoms with Crippen LogP contribution in [0.4, 0.5) is 0 Å². The lowest BCUT2D eigenvalue weighted by molar-refractivity contribution is 0.111. The second-order valence-electron chi connectivity index (χ2n) is 2.49. The second-order valence-corrected chi connectivity index (χ2v) is 3.38. The van der Waals surface area contributed by atoms with Crippen LogP contribution in [0.3, 0.4) is 0 Å². The molecule has 70 valence electrons. The lowest BCUT2D eigenvalue weighted by Gasteiger charge is -1.94. The number of hydrogen-bond donors (Lipinski definition) is 0. The van der Waals surface area contributed by atoms with Crippen LogP contribution in [0, 0.1) is 0 Å². The molecule has 2 rings (SSSR count). The van der Waals surface area contributed by atoms with Gasteiger partial charge in [0.1, 0.15) is 4.88 Å². The Kier molecular flexibility index (Phi) is 2.19. The largest absolute Gasteiger partial charge is 0.298 e. The average Bonchev–Trinajstić information content (AvgIpc) is 2.85. The first-order valence-electron chi connectivity index (χ1n) is 3.74. The van der Waals surface area contributed by atoms with E-state index in [0.717, 1.165) is 6.29 Å². The summed E-state index contributed by atoms with van der Waals surface area (Å²) in [4.78, 5) is 25.5. The topological polar surface area (TPSA) is 64.8 Å². The van der Waals surface area contributed by atoms with Gasteiger partial charge in [-0.2, -0.15) is 5.10 Å². The van der Waals surface area contributed by atoms with Crippen LogP contribution in [0.25, 0.3) is 5.82 Å². The molecule has 0 unspecified atom stereocenters. The van der Waals surface area contributed by atoms with Crippen molar-refractivity contribution in [2.24, 2.45) is 0 Å². The predicted molar refractivity (Wildman–Crippen MR) is 50.0 cm³/mol. The summed E-state index contributed by atoms with van der Waals surface area (Å²) in [6.07, 6.45) is 4.35. The first-order valence-corrected chi connectivity index (χ1v) is 4.62. The quantitative estimate of drug-likeness (QED) is 0.703. The summed E-state index contributed by atoms with van der Waals surface area (Å²) < 4.78 is 1.41. The summed E-state index contributed by atoms with van der Waals surface area (Å²) in [6.45, 7) is 0. The Balaban J connectivity index is 2.48. The van der Waals surface area contributed by atoms with Gasteiger partial charge in [-0.25, -0.2) is 9.67 Å². The SMILES string of the molecule is O=Cc1cnn(-c2ncsc2C=O)c1. The molecule has 0 aliphatic rings. The molecule has 6 heteroatoms. The highest BCUT2D eigenvalue weighted by Gasteiger charge is 2.08. The molecular formula is C8H5N3O2S. The van der Waals surface area contributed by atoms with Gasteiger partial charge in [0.2, 0.25) is 0 Å². The van der Waals surface area contributed by atoms with Gasteiger partial charge in [0, 0.05) is 6.20 Å². The number of carbonyl (C=O) groups is 2. The summed E-state index contributed by atoms with van der Waals surface area (Å²) >= 11 is 1.23. The van der Waals surface area contributed by atoms with Crippen LogP contribution in [0.2, 0.25) is 0 Å². The Morgan fingerprint density at radius 2 is 2.21 bits per heavy atom. The van der Waals surface area contributed by atoms with Gasteiger partial charge < -0.3 is 0 Å². The molecule has 0 fully saturated rings. The van der Waals surface area contributed by atoms with Crippen molar-refractivity contribution in [3.63, 3.8) is 0 Å². The molecule has 0 spiro atoms. The van der Waals surface area contributed by atoms with E-state index in [1.807, 2.05) is 0 Å². The van der Waals surface area contributed by atoms with Crippen LogP contribution in [-0.4, -0.2) is 27.3 Å². The zero-order chi connectivity index (χ0) is 9.97. The minimum absolute atomic E-state index is 0.454. The van der Waals surface area contributed by atoms with Crippen LogP contribution < -0.4 is 0 Å². The number of hydrogen-bond acceptors (Lipinski definition) is 5. The van der Waals surface area contributed by atoms with Gasteiger partial charge in [-0.15, -0.1) is 11.3 Å². The maximum absolute atomic E-state index is 10.6. The highest BCUT2D eigenvalue weighted by molar-refractivity contribution is 7.11. The molecule has 0 aromatic carbocycles. The Labute approximate surface area is 83.0 Å². The molecule has 0 radical (unpaired) electrons. The standard InChI is InChI=1S/C8H5N3O2S/c12-3-6-1-10-11(2-6)8-7(4-13)14-5-9-8/h1-5H. The smallest absolute Gasteiger partial charge is 0.174 e. The predicted octanol–water partition coefficient (Wildman–Crippen LogP) is 0.954. The number of thiazole rings is 1. The number of aldehydes is 2. The lowest BCUT2D eigenvalue weighted by Crippen LogP contribution is -1.97. The van der Waals surface area contributed by atoms with Crippen LogP contribution in [0.5, 0.6) is 0 Å². The van der Waals surface area contributed by atoms with Crippen LogP contribution in [0.15, 0.2) is 17.9 Å². The fourth-order valence-electron chi connectivity index (χ4n) is 1.02. The molecule has 0 saturated heterocycles. The maximum atomic E-state index is 10.6. The Bertz CT molecular complexity index is 474. The molecule has 0 bridgehead atoms. The third kappa shape index (κ3) is 1.35. The molecule has 0 atom stereocenters. The molecule has 5 nitrogen and oxygen atoms in total. The first kappa shape index (κ1) is 8.76. The van der Waals surface area contributed by atoms with E-state index in [0.29, 0.717) is 22.5 Å². The lowest BCUT2D eigenvalue weighted by atomic mass is 10.4. The summed E-state index contributed by atoms with van der Waals surface area (Å²) in [5.74, 6) is 0.457. The van der Waals surface area contributed by atoms with Gasteiger partial charge in [-0.3, -0.25) is 9.59 Å². The van der Waals surface area contributed by atoms with Crippen LogP contribution >= 0.6 is 11.3 Å². The van der Waals surface area contributed by atoms with E-state index in [-0.39, 0.29) is 0 Å². The Morgan fingerprint density at radius 3 is 2.86 bits per heavy atom. The molecule has 2 aromatic heterocycles. The summed E-state index contributed by atoms with van der Waals surface area (Å²) in [6, 6.07) is 0. The maximum Gasteiger partial charge on any atom is 0.174 e. The van der Waals surface area contributed by atoms with Gasteiger partial charge in [0.05, 0.1) is 17.3 Å². The molecule has 0 saturated carbocycles. The van der Waals surface area contributed by atoms with Crippen molar-refractivity contribution in [3.05, 3.63) is 28.3 Å². The normalized spacial score (nSPS) is 10.0. The average molecular weight is 207 g/mol. The van der Waals surface area contributed by atoms with Crippen molar-refractivity contribution in [2.45, 2.75) is 0 Å². The third-order valence-electron chi connectivity index (χ3n) is 1.64. The van der Waals surface area contributed by atoms with Crippen molar-refractivity contribution in [3.8, 4) is 5.82 Å². The molecule has 2 heterocycles. The molecule has 0 aliphatic heterocycles. The van der Waals surface area contributed by atoms with Gasteiger partial charge in [-0.1, -0.05) is 0 Å². The van der Waals surface area contributed by atoms with Crippen molar-refractivity contribution in [1.82, 2.24) is 14.8 Å². The fourth-order valence-corrected chi connectivity index (χ4v) is 1.59. The number of rotatable bonds is 3. The van der Waals surface area contributed by atoms with Crippen LogP contribution in [0.1, 0.15) is 20.0 Å². The van der Waals surface area contributed by atoms with Crippen molar-refractivity contribution < 1.29 is 9.59 Å². The zero-order valence-electron chi connectivity index (χ0n) is 6.95. The van der Waals surface area contributed by atoms with E-state index in [1.54, 1.807) is 5.51 Å². The first-order chi connectivity index (χ1) is 6.85. The van der Waals surface area contributed by atoms with E-state index in [2.05, 4.69) is 10.1 Å². The highest BCUT2D eigenvalue weighted by Crippen LogP contribution is 2.14. The molecule has 14 heavy (non-hydrogen) atoms. The monoisotopic (exact) mass is 207 g/mol. The van der Waals surface area contributed by atoms with E-state index in [1.165, 1.54) is 28.4 Å². The molecule has 0 N–H and O–H groups in total. The summed E-state index contributed by atoms with van der Waals surface area (Å²) in [5.41, 5.74) is 2.01. The molecule has 0 amide bonds. The van der Waals surface area contributed by atoms with E-state index >= 15 is 0 Å². The van der Waals surface area contributed by atoms with E-state index < -0.39 is 0 Å². The minimum atomic E-state index is 0.454. The summed E-state index contributed by atoms with van der Waals surface area (Å²) in [5, 5.41) is 3.91. The number of nitrogens with zero attached hydrogens (tertiary/aromatic N) is 3. The number of carbonyl (C=O) groups excluding carboxylic acids is 2. The van der Waals surface area contributed by atoms with Crippen LogP contribution in [-0.2, 0) is 0 Å². The minimum Gasteiger partial charge on any atom is -0.298 e. The Morgan fingerprint density at radius 1 is 1.36 bits per heavy atom. The zero-order valence-corrected chi connectivity index (χ0v) is 7.77. The van der Waals surface area contributed by atoms with Gasteiger partial charge in [-0.05, 0) is 0 Å². The third-order valence-corrected chi connectivity index (χ3v) is 2.38. The fraction of sp³-hybridized carbons (Fsp3) is 0. The molecular weight excluding hydrogens is 202 g/mol. The van der Waals surface area contributed by atoms with Gasteiger partial charge in [0.15, 0.2) is 18.4 Å². The second kappa shape index (κ2) is 3.51. The highest BCUT2D eigenvalue weighted by atomic mass is 32.1. The van der Waals surface area contributed by atoms with Crippen molar-refractivity contribution in [2.75, 3.05) is 0 Å². The van der Waals surface area contributed by atoms with Gasteiger partial charge >= 0.3 is 0 Å².